The van der Waals surface area contributed by atoms with Crippen molar-refractivity contribution in [2.24, 2.45) is 5.92 Å². The third-order valence-electron chi connectivity index (χ3n) is 5.89. The molecule has 1 aromatic heterocycles. The number of hydrogen-bond acceptors (Lipinski definition) is 6. The third kappa shape index (κ3) is 4.71. The molecule has 1 heterocycles. The molecular formula is C22H23ClFN3O4S. The molecule has 0 spiro atoms. The van der Waals surface area contributed by atoms with Crippen LogP contribution in [-0.4, -0.2) is 40.6 Å². The summed E-state index contributed by atoms with van der Waals surface area (Å²) in [6, 6.07) is 9.88. The van der Waals surface area contributed by atoms with Crippen molar-refractivity contribution in [1.29, 1.82) is 0 Å². The Hall–Kier alpha value is -2.33. The highest BCUT2D eigenvalue weighted by Gasteiger charge is 2.37. The van der Waals surface area contributed by atoms with Crippen molar-refractivity contribution in [1.82, 2.24) is 14.4 Å². The lowest BCUT2D eigenvalue weighted by molar-refractivity contribution is 0.109. The molecule has 0 amide bonds. The van der Waals surface area contributed by atoms with E-state index in [1.807, 2.05) is 0 Å². The number of nitrogens with zero attached hydrogens (tertiary/aromatic N) is 3. The summed E-state index contributed by atoms with van der Waals surface area (Å²) in [5.41, 5.74) is 0.648. The molecule has 170 valence electrons. The monoisotopic (exact) mass is 479 g/mol. The highest BCUT2D eigenvalue weighted by molar-refractivity contribution is 7.89. The molecule has 1 N–H and O–H groups in total. The van der Waals surface area contributed by atoms with Crippen LogP contribution in [0.15, 0.2) is 58.3 Å². The van der Waals surface area contributed by atoms with Gasteiger partial charge in [0, 0.05) is 35.3 Å². The first-order valence-corrected chi connectivity index (χ1v) is 12.2. The number of halogens is 2. The van der Waals surface area contributed by atoms with Crippen molar-refractivity contribution >= 4 is 21.6 Å². The minimum Gasteiger partial charge on any atom is -0.396 e. The van der Waals surface area contributed by atoms with E-state index in [4.69, 9.17) is 16.1 Å². The van der Waals surface area contributed by atoms with Gasteiger partial charge in [-0.15, -0.1) is 0 Å². The van der Waals surface area contributed by atoms with Gasteiger partial charge >= 0.3 is 0 Å². The predicted octanol–water partition coefficient (Wildman–Crippen LogP) is 4.27. The van der Waals surface area contributed by atoms with Crippen LogP contribution in [0.5, 0.6) is 0 Å². The number of aromatic nitrogens is 2. The lowest BCUT2D eigenvalue weighted by Gasteiger charge is -2.38. The summed E-state index contributed by atoms with van der Waals surface area (Å²) in [7, 11) is -3.97. The van der Waals surface area contributed by atoms with E-state index in [-0.39, 0.29) is 35.4 Å². The zero-order valence-electron chi connectivity index (χ0n) is 17.2. The Balaban J connectivity index is 1.72. The third-order valence-corrected chi connectivity index (χ3v) is 8.03. The molecule has 2 aromatic carbocycles. The first-order valence-electron chi connectivity index (χ1n) is 10.3. The quantitative estimate of drug-likeness (QED) is 0.543. The van der Waals surface area contributed by atoms with Crippen LogP contribution in [0.4, 0.5) is 4.39 Å². The Morgan fingerprint density at radius 3 is 2.56 bits per heavy atom. The van der Waals surface area contributed by atoms with E-state index in [9.17, 15) is 13.5 Å². The summed E-state index contributed by atoms with van der Waals surface area (Å²) in [4.78, 5) is 3.99. The van der Waals surface area contributed by atoms with E-state index < -0.39 is 21.9 Å². The molecular weight excluding hydrogens is 457 g/mol. The minimum atomic E-state index is -3.97. The maximum Gasteiger partial charge on any atom is 0.243 e. The van der Waals surface area contributed by atoms with Gasteiger partial charge in [0.1, 0.15) is 5.82 Å². The van der Waals surface area contributed by atoms with E-state index in [2.05, 4.69) is 10.1 Å². The molecule has 0 saturated heterocycles. The van der Waals surface area contributed by atoms with Crippen molar-refractivity contribution in [2.75, 3.05) is 6.61 Å². The molecule has 0 unspecified atom stereocenters. The second-order valence-electron chi connectivity index (χ2n) is 7.86. The lowest BCUT2D eigenvalue weighted by Crippen LogP contribution is -2.46. The van der Waals surface area contributed by atoms with Gasteiger partial charge in [-0.05, 0) is 49.1 Å². The maximum atomic E-state index is 15.0. The van der Waals surface area contributed by atoms with Gasteiger partial charge in [0.15, 0.2) is 0 Å². The average Bonchev–Trinajstić information content (AvgIpc) is 3.33. The largest absolute Gasteiger partial charge is 0.396 e. The van der Waals surface area contributed by atoms with Crippen LogP contribution in [0.1, 0.15) is 31.2 Å². The van der Waals surface area contributed by atoms with Gasteiger partial charge in [-0.3, -0.25) is 0 Å². The molecule has 0 bridgehead atoms. The number of aliphatic hydroxyl groups is 1. The van der Waals surface area contributed by atoms with Crippen LogP contribution in [0.25, 0.3) is 11.4 Å². The van der Waals surface area contributed by atoms with Crippen LogP contribution < -0.4 is 0 Å². The van der Waals surface area contributed by atoms with E-state index >= 15 is 4.39 Å². The summed E-state index contributed by atoms with van der Waals surface area (Å²) < 4.78 is 48.3. The van der Waals surface area contributed by atoms with E-state index in [1.54, 1.807) is 6.07 Å². The summed E-state index contributed by atoms with van der Waals surface area (Å²) in [6.07, 6.45) is 4.23. The van der Waals surface area contributed by atoms with E-state index in [0.717, 1.165) is 19.2 Å². The van der Waals surface area contributed by atoms with Crippen molar-refractivity contribution in [2.45, 2.75) is 43.2 Å². The van der Waals surface area contributed by atoms with Gasteiger partial charge in [-0.25, -0.2) is 12.8 Å². The topological polar surface area (TPSA) is 96.5 Å². The zero-order chi connectivity index (χ0) is 22.7. The lowest BCUT2D eigenvalue weighted by atomic mass is 9.85. The Morgan fingerprint density at radius 1 is 1.16 bits per heavy atom. The maximum absolute atomic E-state index is 15.0. The molecule has 4 rings (SSSR count). The van der Waals surface area contributed by atoms with Crippen molar-refractivity contribution < 1.29 is 22.4 Å². The van der Waals surface area contributed by atoms with Gasteiger partial charge in [-0.1, -0.05) is 41.7 Å². The Bertz CT molecular complexity index is 1160. The fourth-order valence-electron chi connectivity index (χ4n) is 4.18. The zero-order valence-corrected chi connectivity index (χ0v) is 18.8. The van der Waals surface area contributed by atoms with Crippen molar-refractivity contribution in [3.05, 3.63) is 65.3 Å². The minimum absolute atomic E-state index is 0.0768. The molecule has 2 atom stereocenters. The Morgan fingerprint density at radius 2 is 1.91 bits per heavy atom. The van der Waals surface area contributed by atoms with Crippen LogP contribution in [0, 0.1) is 11.7 Å². The standard InChI is InChI=1S/C22H23ClFN3O4S/c23-18-7-9-19(10-8-18)32(29,30)27(21-4-2-1-3-17(21)13-28)12-16-6-5-15(11-20(16)24)22-25-14-31-26-22/h5-11,14,17,21,28H,1-4,12-13H2/t17-,21+/m1/s1. The second-order valence-corrected chi connectivity index (χ2v) is 10.2. The summed E-state index contributed by atoms with van der Waals surface area (Å²) >= 11 is 5.94. The van der Waals surface area contributed by atoms with Gasteiger partial charge in [0.05, 0.1) is 4.90 Å². The molecule has 1 aliphatic carbocycles. The molecule has 32 heavy (non-hydrogen) atoms. The fourth-order valence-corrected chi connectivity index (χ4v) is 6.00. The van der Waals surface area contributed by atoms with Gasteiger partial charge in [0.2, 0.25) is 22.2 Å². The number of sulfonamides is 1. The normalized spacial score (nSPS) is 19.4. The van der Waals surface area contributed by atoms with E-state index in [1.165, 1.54) is 40.7 Å². The first-order chi connectivity index (χ1) is 15.4. The Labute approximate surface area is 190 Å². The number of aliphatic hydroxyl groups excluding tert-OH is 1. The average molecular weight is 480 g/mol. The van der Waals surface area contributed by atoms with Gasteiger partial charge in [-0.2, -0.15) is 9.29 Å². The van der Waals surface area contributed by atoms with Crippen LogP contribution >= 0.6 is 11.6 Å². The van der Waals surface area contributed by atoms with Crippen LogP contribution in [0.3, 0.4) is 0 Å². The molecule has 1 aliphatic rings. The van der Waals surface area contributed by atoms with Crippen molar-refractivity contribution in [3.8, 4) is 11.4 Å². The molecule has 3 aromatic rings. The molecule has 10 heteroatoms. The Kier molecular flexibility index (Phi) is 6.90. The molecule has 0 radical (unpaired) electrons. The summed E-state index contributed by atoms with van der Waals surface area (Å²) in [6.45, 7) is -0.291. The second kappa shape index (κ2) is 9.66. The predicted molar refractivity (Wildman–Crippen MR) is 117 cm³/mol. The molecule has 1 fully saturated rings. The highest BCUT2D eigenvalue weighted by Crippen LogP contribution is 2.34. The highest BCUT2D eigenvalue weighted by atomic mass is 35.5. The SMILES string of the molecule is O=S(=O)(c1ccc(Cl)cc1)N(Cc1ccc(-c2ncon2)cc1F)[C@H]1CCCC[C@@H]1CO. The molecule has 0 aliphatic heterocycles. The van der Waals surface area contributed by atoms with Crippen molar-refractivity contribution in [3.63, 3.8) is 0 Å². The van der Waals surface area contributed by atoms with Gasteiger partial charge in [0.25, 0.3) is 0 Å². The molecule has 1 saturated carbocycles. The first kappa shape index (κ1) is 22.8. The smallest absolute Gasteiger partial charge is 0.243 e. The molecule has 7 nitrogen and oxygen atoms in total. The number of benzene rings is 2. The van der Waals surface area contributed by atoms with Crippen LogP contribution in [0.2, 0.25) is 5.02 Å². The number of hydrogen-bond donors (Lipinski definition) is 1. The fraction of sp³-hybridized carbons (Fsp3) is 0.364. The van der Waals surface area contributed by atoms with Crippen LogP contribution in [-0.2, 0) is 16.6 Å². The number of rotatable bonds is 7. The summed E-state index contributed by atoms with van der Waals surface area (Å²) in [5, 5.41) is 14.0. The van der Waals surface area contributed by atoms with Gasteiger partial charge < -0.3 is 9.63 Å². The summed E-state index contributed by atoms with van der Waals surface area (Å²) in [5.74, 6) is -0.541. The van der Waals surface area contributed by atoms with E-state index in [0.29, 0.717) is 23.4 Å².